The van der Waals surface area contributed by atoms with Gasteiger partial charge in [0.15, 0.2) is 5.76 Å². The van der Waals surface area contributed by atoms with Gasteiger partial charge in [-0.15, -0.1) is 0 Å². The number of unbranched alkanes of at least 4 members (excludes halogenated alkanes) is 2. The van der Waals surface area contributed by atoms with Crippen molar-refractivity contribution in [2.75, 3.05) is 6.67 Å². The smallest absolute Gasteiger partial charge is 0.459 e. The van der Waals surface area contributed by atoms with E-state index in [-0.39, 0.29) is 30.2 Å². The molecule has 0 aliphatic heterocycles. The van der Waals surface area contributed by atoms with Gasteiger partial charge in [-0.3, -0.25) is 23.4 Å². The number of hydroxylamine groups is 2. The highest BCUT2D eigenvalue weighted by Crippen LogP contribution is 2.55. The third-order valence-electron chi connectivity index (χ3n) is 6.63. The number of aryl methyl sites for hydroxylation is 1. The van der Waals surface area contributed by atoms with E-state index in [0.29, 0.717) is 24.8 Å². The summed E-state index contributed by atoms with van der Waals surface area (Å²) in [5.41, 5.74) is -1.54. The monoisotopic (exact) mass is 679 g/mol. The second-order valence-electron chi connectivity index (χ2n) is 13.0. The van der Waals surface area contributed by atoms with Gasteiger partial charge in [0.25, 0.3) is 5.91 Å². The van der Waals surface area contributed by atoms with Crippen LogP contribution in [-0.2, 0) is 28.0 Å². The largest absolute Gasteiger partial charge is 0.531 e. The molecule has 1 aromatic carbocycles. The molecule has 0 radical (unpaired) electrons. The first-order chi connectivity index (χ1) is 21.9. The summed E-state index contributed by atoms with van der Waals surface area (Å²) in [4.78, 5) is 57.4. The van der Waals surface area contributed by atoms with E-state index in [2.05, 4.69) is 10.6 Å². The molecule has 0 spiro atoms. The van der Waals surface area contributed by atoms with Crippen LogP contribution in [0.25, 0.3) is 0 Å². The molecule has 1 aromatic heterocycles. The lowest BCUT2D eigenvalue weighted by molar-refractivity contribution is -0.171. The summed E-state index contributed by atoms with van der Waals surface area (Å²) in [5, 5.41) is 6.07. The molecule has 2 atom stereocenters. The Balaban J connectivity index is 2.34. The van der Waals surface area contributed by atoms with E-state index < -0.39 is 48.8 Å². The molecule has 0 aliphatic carbocycles. The van der Waals surface area contributed by atoms with E-state index >= 15 is 0 Å². The van der Waals surface area contributed by atoms with Crippen molar-refractivity contribution in [2.24, 2.45) is 5.92 Å². The Morgan fingerprint density at radius 3 is 2.17 bits per heavy atom. The average molecular weight is 680 g/mol. The number of hydrogen-bond donors (Lipinski definition) is 2. The molecule has 0 unspecified atom stereocenters. The molecule has 0 saturated heterocycles. The number of amides is 3. The zero-order valence-corrected chi connectivity index (χ0v) is 29.8. The molecule has 0 fully saturated rings. The second kappa shape index (κ2) is 17.5. The van der Waals surface area contributed by atoms with Gasteiger partial charge in [-0.2, -0.15) is 5.06 Å². The molecule has 47 heavy (non-hydrogen) atoms. The Bertz CT molecular complexity index is 1360. The fourth-order valence-corrected chi connectivity index (χ4v) is 6.57. The Morgan fingerprint density at radius 1 is 0.979 bits per heavy atom. The lowest BCUT2D eigenvalue weighted by atomic mass is 9.90. The van der Waals surface area contributed by atoms with Gasteiger partial charge in [0.2, 0.25) is 12.3 Å². The number of hydrogen-bond acceptors (Lipinski definition) is 10. The number of phosphoric ester groups is 1. The highest BCUT2D eigenvalue weighted by molar-refractivity contribution is 7.49. The maximum absolute atomic E-state index is 13.9. The molecule has 14 heteroatoms. The lowest BCUT2D eigenvalue weighted by Gasteiger charge is -2.32. The number of phosphoric acid groups is 1. The van der Waals surface area contributed by atoms with Crippen LogP contribution >= 0.6 is 7.82 Å². The summed E-state index contributed by atoms with van der Waals surface area (Å²) in [6, 6.07) is 6.88. The summed E-state index contributed by atoms with van der Waals surface area (Å²) < 4.78 is 36.2. The first kappa shape index (κ1) is 39.5. The molecule has 3 amide bonds. The van der Waals surface area contributed by atoms with E-state index in [4.69, 9.17) is 22.8 Å². The molecule has 2 rings (SSSR count). The van der Waals surface area contributed by atoms with E-state index in [1.54, 1.807) is 73.6 Å². The first-order valence-corrected chi connectivity index (χ1v) is 17.3. The van der Waals surface area contributed by atoms with E-state index in [1.165, 1.54) is 18.4 Å². The van der Waals surface area contributed by atoms with Crippen LogP contribution in [0, 0.1) is 12.8 Å². The van der Waals surface area contributed by atoms with E-state index in [0.717, 1.165) is 17.9 Å². The van der Waals surface area contributed by atoms with Crippen molar-refractivity contribution in [1.82, 2.24) is 15.7 Å². The van der Waals surface area contributed by atoms with Crippen molar-refractivity contribution in [1.29, 1.82) is 0 Å². The molecular formula is C33H50N3O10P. The van der Waals surface area contributed by atoms with Crippen LogP contribution in [0.2, 0.25) is 0 Å². The maximum atomic E-state index is 13.9. The summed E-state index contributed by atoms with van der Waals surface area (Å²) >= 11 is 0. The van der Waals surface area contributed by atoms with Crippen LogP contribution in [-0.4, -0.2) is 53.2 Å². The van der Waals surface area contributed by atoms with Crippen LogP contribution in [0.4, 0.5) is 0 Å². The van der Waals surface area contributed by atoms with E-state index in [1.807, 2.05) is 6.92 Å². The third kappa shape index (κ3) is 12.8. The Hall–Kier alpha value is -3.67. The van der Waals surface area contributed by atoms with Gasteiger partial charge in [0.05, 0.1) is 36.1 Å². The van der Waals surface area contributed by atoms with Crippen molar-refractivity contribution < 1.29 is 46.6 Å². The Kier molecular flexibility index (Phi) is 14.7. The summed E-state index contributed by atoms with van der Waals surface area (Å²) in [5.74, 6) is -2.73. The van der Waals surface area contributed by atoms with Crippen molar-refractivity contribution in [3.05, 3.63) is 53.5 Å². The quantitative estimate of drug-likeness (QED) is 0.0569. The highest BCUT2D eigenvalue weighted by Gasteiger charge is 2.40. The standard InChI is InChI=1S/C33H50N3O10P/c1-10-12-13-17-24(29(38)34-21-35-30(39)27-19-15-20-42-27)25(11-2)36(22-37)43-31(40)28-23(3)16-14-18-26(28)44-47(41,45-32(4,5)6)46-33(7,8)9/h14-16,18-20,22,24-25H,10-13,17,21H2,1-9H3,(H,34,38)(H,35,39)/t24-,25-/m1/s1. The van der Waals surface area contributed by atoms with Crippen molar-refractivity contribution >= 4 is 32.0 Å². The van der Waals surface area contributed by atoms with Gasteiger partial charge < -0.3 is 24.4 Å². The molecule has 0 bridgehead atoms. The third-order valence-corrected chi connectivity index (χ3v) is 8.60. The van der Waals surface area contributed by atoms with Crippen LogP contribution < -0.4 is 15.2 Å². The van der Waals surface area contributed by atoms with Gasteiger partial charge in [-0.1, -0.05) is 45.2 Å². The van der Waals surface area contributed by atoms with E-state index in [9.17, 15) is 23.7 Å². The molecule has 2 aromatic rings. The predicted molar refractivity (Wildman–Crippen MR) is 175 cm³/mol. The van der Waals surface area contributed by atoms with Gasteiger partial charge in [-0.05, 0) is 85.1 Å². The topological polar surface area (TPSA) is 163 Å². The molecule has 1 heterocycles. The van der Waals surface area contributed by atoms with Crippen molar-refractivity contribution in [3.8, 4) is 5.75 Å². The lowest BCUT2D eigenvalue weighted by Crippen LogP contribution is -2.49. The first-order valence-electron chi connectivity index (χ1n) is 15.8. The normalized spacial score (nSPS) is 13.3. The van der Waals surface area contributed by atoms with Gasteiger partial charge in [-0.25, -0.2) is 9.36 Å². The minimum atomic E-state index is -4.30. The average Bonchev–Trinajstić information content (AvgIpc) is 3.49. The van der Waals surface area contributed by atoms with Crippen LogP contribution in [0.5, 0.6) is 5.75 Å². The van der Waals surface area contributed by atoms with Gasteiger partial charge in [0.1, 0.15) is 11.3 Å². The molecular weight excluding hydrogens is 629 g/mol. The molecule has 13 nitrogen and oxygen atoms in total. The van der Waals surface area contributed by atoms with Crippen LogP contribution in [0.3, 0.4) is 0 Å². The second-order valence-corrected chi connectivity index (χ2v) is 14.5. The fraction of sp³-hybridized carbons (Fsp3) is 0.576. The molecule has 262 valence electrons. The Morgan fingerprint density at radius 2 is 1.64 bits per heavy atom. The number of nitrogens with zero attached hydrogens (tertiary/aromatic N) is 1. The number of furan rings is 1. The van der Waals surface area contributed by atoms with Gasteiger partial charge >= 0.3 is 13.8 Å². The van der Waals surface area contributed by atoms with Gasteiger partial charge in [0, 0.05) is 0 Å². The predicted octanol–water partition coefficient (Wildman–Crippen LogP) is 6.71. The summed E-state index contributed by atoms with van der Waals surface area (Å²) in [6.07, 6.45) is 4.78. The zero-order valence-electron chi connectivity index (χ0n) is 28.9. The zero-order chi connectivity index (χ0) is 35.4. The SMILES string of the molecule is CCCCC[C@@H](C(=O)NCNC(=O)c1ccco1)[C@@H](CC)N(C=O)OC(=O)c1c(C)cccc1OP(=O)(OC(C)(C)C)OC(C)(C)C. The Labute approximate surface area is 277 Å². The highest BCUT2D eigenvalue weighted by atomic mass is 31.2. The number of carbonyl (C=O) groups excluding carboxylic acids is 4. The fourth-order valence-electron chi connectivity index (χ4n) is 4.73. The number of benzene rings is 1. The molecule has 0 saturated carbocycles. The number of nitrogens with one attached hydrogen (secondary N) is 2. The molecule has 2 N–H and O–H groups in total. The summed E-state index contributed by atoms with van der Waals surface area (Å²) in [6.45, 7) is 15.4. The minimum Gasteiger partial charge on any atom is -0.459 e. The molecule has 0 aliphatic rings. The number of carbonyl (C=O) groups is 4. The maximum Gasteiger partial charge on any atom is 0.531 e. The van der Waals surface area contributed by atoms with Crippen LogP contribution in [0.15, 0.2) is 41.0 Å². The van der Waals surface area contributed by atoms with Crippen molar-refractivity contribution in [2.45, 2.75) is 112 Å². The summed E-state index contributed by atoms with van der Waals surface area (Å²) in [7, 11) is -4.30. The van der Waals surface area contributed by atoms with Crippen LogP contribution in [0.1, 0.15) is 114 Å². The number of rotatable bonds is 18. The minimum absolute atomic E-state index is 0.0927. The van der Waals surface area contributed by atoms with Crippen molar-refractivity contribution in [3.63, 3.8) is 0 Å².